The Hall–Kier alpha value is -0.770. The van der Waals surface area contributed by atoms with E-state index in [1.165, 1.54) is 4.90 Å². The molecule has 1 rings (SSSR count). The van der Waals surface area contributed by atoms with Gasteiger partial charge in [-0.05, 0) is 13.5 Å². The third kappa shape index (κ3) is 1.39. The van der Waals surface area contributed by atoms with Gasteiger partial charge in [0, 0.05) is 19.1 Å². The lowest BCUT2D eigenvalue weighted by Crippen LogP contribution is -2.32. The molecule has 58 valence electrons. The lowest BCUT2D eigenvalue weighted by molar-refractivity contribution is 0.155. The predicted octanol–water partition coefficient (Wildman–Crippen LogP) is -0.0419. The predicted molar refractivity (Wildman–Crippen MR) is 37.1 cm³/mol. The van der Waals surface area contributed by atoms with E-state index in [1.54, 1.807) is 0 Å². The van der Waals surface area contributed by atoms with Gasteiger partial charge in [0.2, 0.25) is 0 Å². The SMILES string of the molecule is CN[C@H]1CCN(C(=O)O)C1. The zero-order valence-electron chi connectivity index (χ0n) is 6.00. The summed E-state index contributed by atoms with van der Waals surface area (Å²) in [5.74, 6) is 0. The van der Waals surface area contributed by atoms with Crippen molar-refractivity contribution in [3.05, 3.63) is 0 Å². The molecule has 1 aliphatic heterocycles. The summed E-state index contributed by atoms with van der Waals surface area (Å²) >= 11 is 0. The van der Waals surface area contributed by atoms with E-state index in [2.05, 4.69) is 5.32 Å². The maximum atomic E-state index is 10.4. The van der Waals surface area contributed by atoms with E-state index in [4.69, 9.17) is 5.11 Å². The van der Waals surface area contributed by atoms with E-state index in [0.717, 1.165) is 6.42 Å². The Labute approximate surface area is 59.8 Å². The van der Waals surface area contributed by atoms with Crippen molar-refractivity contribution in [3.8, 4) is 0 Å². The minimum Gasteiger partial charge on any atom is -0.465 e. The molecule has 0 radical (unpaired) electrons. The minimum atomic E-state index is -0.808. The van der Waals surface area contributed by atoms with Gasteiger partial charge in [0.15, 0.2) is 0 Å². The maximum absolute atomic E-state index is 10.4. The lowest BCUT2D eigenvalue weighted by Gasteiger charge is -2.10. The Balaban J connectivity index is 2.35. The van der Waals surface area contributed by atoms with Crippen molar-refractivity contribution < 1.29 is 9.90 Å². The molecule has 0 aliphatic carbocycles. The molecule has 1 amide bonds. The monoisotopic (exact) mass is 144 g/mol. The number of hydrogen-bond acceptors (Lipinski definition) is 2. The quantitative estimate of drug-likeness (QED) is 0.543. The van der Waals surface area contributed by atoms with E-state index in [0.29, 0.717) is 19.1 Å². The van der Waals surface area contributed by atoms with Crippen LogP contribution in [0.5, 0.6) is 0 Å². The van der Waals surface area contributed by atoms with E-state index in [1.807, 2.05) is 7.05 Å². The van der Waals surface area contributed by atoms with Crippen LogP contribution in [0.4, 0.5) is 4.79 Å². The Morgan fingerprint density at radius 2 is 2.50 bits per heavy atom. The van der Waals surface area contributed by atoms with Gasteiger partial charge in [-0.2, -0.15) is 0 Å². The van der Waals surface area contributed by atoms with Crippen LogP contribution in [0.1, 0.15) is 6.42 Å². The van der Waals surface area contributed by atoms with Gasteiger partial charge in [-0.25, -0.2) is 4.79 Å². The van der Waals surface area contributed by atoms with Crippen LogP contribution in [0.25, 0.3) is 0 Å². The number of amides is 1. The van der Waals surface area contributed by atoms with Crippen molar-refractivity contribution in [1.29, 1.82) is 0 Å². The average molecular weight is 144 g/mol. The summed E-state index contributed by atoms with van der Waals surface area (Å²) in [5.41, 5.74) is 0. The Morgan fingerprint density at radius 1 is 1.80 bits per heavy atom. The number of likely N-dealkylation sites (tertiary alicyclic amines) is 1. The summed E-state index contributed by atoms with van der Waals surface area (Å²) in [5, 5.41) is 11.6. The van der Waals surface area contributed by atoms with Crippen LogP contribution in [0.15, 0.2) is 0 Å². The molecule has 0 unspecified atom stereocenters. The molecule has 1 aliphatic rings. The second-order valence-corrected chi connectivity index (χ2v) is 2.50. The summed E-state index contributed by atoms with van der Waals surface area (Å²) in [6.07, 6.45) is 0.126. The van der Waals surface area contributed by atoms with E-state index in [9.17, 15) is 4.79 Å². The zero-order valence-corrected chi connectivity index (χ0v) is 6.00. The fourth-order valence-electron chi connectivity index (χ4n) is 1.17. The summed E-state index contributed by atoms with van der Waals surface area (Å²) in [7, 11) is 1.86. The molecule has 0 aromatic heterocycles. The molecule has 4 heteroatoms. The van der Waals surface area contributed by atoms with E-state index < -0.39 is 6.09 Å². The molecule has 1 saturated heterocycles. The summed E-state index contributed by atoms with van der Waals surface area (Å²) < 4.78 is 0. The second-order valence-electron chi connectivity index (χ2n) is 2.50. The highest BCUT2D eigenvalue weighted by atomic mass is 16.4. The molecular formula is C6H12N2O2. The Morgan fingerprint density at radius 3 is 2.80 bits per heavy atom. The first-order chi connectivity index (χ1) is 4.74. The molecule has 4 nitrogen and oxygen atoms in total. The van der Waals surface area contributed by atoms with Crippen LogP contribution in [0.2, 0.25) is 0 Å². The van der Waals surface area contributed by atoms with Gasteiger partial charge < -0.3 is 15.3 Å². The largest absolute Gasteiger partial charge is 0.465 e. The van der Waals surface area contributed by atoms with Crippen molar-refractivity contribution in [2.45, 2.75) is 12.5 Å². The topological polar surface area (TPSA) is 52.6 Å². The van der Waals surface area contributed by atoms with E-state index >= 15 is 0 Å². The molecule has 1 atom stereocenters. The molecule has 0 aromatic rings. The third-order valence-electron chi connectivity index (χ3n) is 1.87. The molecule has 0 spiro atoms. The van der Waals surface area contributed by atoms with Gasteiger partial charge in [-0.15, -0.1) is 0 Å². The average Bonchev–Trinajstić information content (AvgIpc) is 2.34. The number of carbonyl (C=O) groups is 1. The van der Waals surface area contributed by atoms with Crippen molar-refractivity contribution in [3.63, 3.8) is 0 Å². The molecule has 1 heterocycles. The lowest BCUT2D eigenvalue weighted by atomic mass is 10.3. The van der Waals surface area contributed by atoms with Crippen LogP contribution in [-0.2, 0) is 0 Å². The first-order valence-electron chi connectivity index (χ1n) is 3.39. The molecule has 2 N–H and O–H groups in total. The van der Waals surface area contributed by atoms with Gasteiger partial charge in [0.05, 0.1) is 0 Å². The highest BCUT2D eigenvalue weighted by Gasteiger charge is 2.23. The van der Waals surface area contributed by atoms with Crippen LogP contribution in [-0.4, -0.2) is 42.3 Å². The number of nitrogens with one attached hydrogen (secondary N) is 1. The highest BCUT2D eigenvalue weighted by molar-refractivity contribution is 5.65. The van der Waals surface area contributed by atoms with Gasteiger partial charge >= 0.3 is 6.09 Å². The van der Waals surface area contributed by atoms with E-state index in [-0.39, 0.29) is 0 Å². The Kier molecular flexibility index (Phi) is 2.11. The minimum absolute atomic E-state index is 0.357. The highest BCUT2D eigenvalue weighted by Crippen LogP contribution is 2.07. The molecule has 10 heavy (non-hydrogen) atoms. The van der Waals surface area contributed by atoms with Crippen LogP contribution in [0.3, 0.4) is 0 Å². The van der Waals surface area contributed by atoms with Gasteiger partial charge in [0.1, 0.15) is 0 Å². The Bertz CT molecular complexity index is 138. The van der Waals surface area contributed by atoms with Crippen molar-refractivity contribution in [1.82, 2.24) is 10.2 Å². The standard InChI is InChI=1S/C6H12N2O2/c1-7-5-2-3-8(4-5)6(9)10/h5,7H,2-4H2,1H3,(H,9,10)/t5-/m0/s1. The number of carboxylic acid groups (broad SMARTS) is 1. The normalized spacial score (nSPS) is 25.3. The van der Waals surface area contributed by atoms with Crippen LogP contribution < -0.4 is 5.32 Å². The second kappa shape index (κ2) is 2.88. The first kappa shape index (κ1) is 7.34. The summed E-state index contributed by atoms with van der Waals surface area (Å²) in [6.45, 7) is 1.30. The summed E-state index contributed by atoms with van der Waals surface area (Å²) in [6, 6.07) is 0.357. The first-order valence-corrected chi connectivity index (χ1v) is 3.39. The van der Waals surface area contributed by atoms with Crippen LogP contribution >= 0.6 is 0 Å². The number of hydrogen-bond donors (Lipinski definition) is 2. The molecule has 0 aromatic carbocycles. The smallest absolute Gasteiger partial charge is 0.407 e. The summed E-state index contributed by atoms with van der Waals surface area (Å²) in [4.78, 5) is 11.8. The fourth-order valence-corrected chi connectivity index (χ4v) is 1.17. The van der Waals surface area contributed by atoms with Crippen molar-refractivity contribution in [2.24, 2.45) is 0 Å². The van der Waals surface area contributed by atoms with Crippen molar-refractivity contribution in [2.75, 3.05) is 20.1 Å². The maximum Gasteiger partial charge on any atom is 0.407 e. The molecule has 0 bridgehead atoms. The number of nitrogens with zero attached hydrogens (tertiary/aromatic N) is 1. The third-order valence-corrected chi connectivity index (χ3v) is 1.87. The van der Waals surface area contributed by atoms with Gasteiger partial charge in [-0.3, -0.25) is 0 Å². The number of likely N-dealkylation sites (N-methyl/N-ethyl adjacent to an activating group) is 1. The molecular weight excluding hydrogens is 132 g/mol. The van der Waals surface area contributed by atoms with Crippen LogP contribution in [0, 0.1) is 0 Å². The zero-order chi connectivity index (χ0) is 7.56. The molecule has 0 saturated carbocycles. The van der Waals surface area contributed by atoms with Gasteiger partial charge in [0.25, 0.3) is 0 Å². The van der Waals surface area contributed by atoms with Gasteiger partial charge in [-0.1, -0.05) is 0 Å². The fraction of sp³-hybridized carbons (Fsp3) is 0.833. The van der Waals surface area contributed by atoms with Crippen molar-refractivity contribution >= 4 is 6.09 Å². The number of rotatable bonds is 1. The molecule has 1 fully saturated rings.